The van der Waals surface area contributed by atoms with Crippen LogP contribution in [0, 0.1) is 6.92 Å². The maximum atomic E-state index is 12.9. The molecule has 0 aliphatic carbocycles. The number of hydrogen-bond donors (Lipinski definition) is 4. The smallest absolute Gasteiger partial charge is 0.407 e. The summed E-state index contributed by atoms with van der Waals surface area (Å²) in [5.74, 6) is -0.309. The Kier molecular flexibility index (Phi) is 5.40. The first-order valence-corrected chi connectivity index (χ1v) is 10.4. The largest absolute Gasteiger partial charge is 0.465 e. The number of nitrogen functional groups attached to an aromatic ring is 1. The summed E-state index contributed by atoms with van der Waals surface area (Å²) in [5, 5.41) is 16.1. The summed E-state index contributed by atoms with van der Waals surface area (Å²) in [6, 6.07) is 5.33. The number of likely N-dealkylation sites (tertiary alicyclic amines) is 1. The van der Waals surface area contributed by atoms with Gasteiger partial charge in [0, 0.05) is 31.5 Å². The van der Waals surface area contributed by atoms with Crippen molar-refractivity contribution in [1.29, 1.82) is 0 Å². The highest BCUT2D eigenvalue weighted by atomic mass is 32.1. The first-order valence-electron chi connectivity index (χ1n) is 9.58. The molecule has 4 heterocycles. The van der Waals surface area contributed by atoms with Crippen LogP contribution in [-0.4, -0.2) is 51.1 Å². The van der Waals surface area contributed by atoms with E-state index < -0.39 is 6.09 Å². The summed E-state index contributed by atoms with van der Waals surface area (Å²) in [5.41, 5.74) is 9.16. The topological polar surface area (TPSA) is 133 Å². The molecule has 10 heteroatoms. The normalized spacial score (nSPS) is 16.4. The Labute approximate surface area is 176 Å². The fourth-order valence-corrected chi connectivity index (χ4v) is 4.59. The van der Waals surface area contributed by atoms with Gasteiger partial charge in [-0.1, -0.05) is 0 Å². The molecule has 3 aromatic heterocycles. The molecule has 0 saturated carbocycles. The minimum atomic E-state index is -0.971. The van der Waals surface area contributed by atoms with Crippen LogP contribution in [-0.2, 0) is 0 Å². The standard InChI is InChI=1S/C20H22N6O3S/c1-11-13(5-2-7-22-11)25-14-6-8-23-19-15(14)16(21)17(30-19)18(27)24-12-4-3-9-26(10-12)20(28)29/h2,5-8,12H,3-4,9-10,21H2,1H3,(H,23,25)(H,24,27)(H,28,29)/t12-/m1/s1. The number of hydrogen-bond acceptors (Lipinski definition) is 7. The summed E-state index contributed by atoms with van der Waals surface area (Å²) in [6.07, 6.45) is 3.85. The maximum Gasteiger partial charge on any atom is 0.407 e. The highest BCUT2D eigenvalue weighted by molar-refractivity contribution is 7.21. The molecule has 0 aromatic carbocycles. The van der Waals surface area contributed by atoms with E-state index in [-0.39, 0.29) is 18.5 Å². The highest BCUT2D eigenvalue weighted by Crippen LogP contribution is 2.38. The third-order valence-electron chi connectivity index (χ3n) is 5.14. The third kappa shape index (κ3) is 3.86. The number of pyridine rings is 2. The second-order valence-electron chi connectivity index (χ2n) is 7.19. The number of anilines is 3. The fraction of sp³-hybridized carbons (Fsp3) is 0.300. The van der Waals surface area contributed by atoms with E-state index in [1.54, 1.807) is 12.4 Å². The molecule has 9 nitrogen and oxygen atoms in total. The second-order valence-corrected chi connectivity index (χ2v) is 8.19. The monoisotopic (exact) mass is 426 g/mol. The van der Waals surface area contributed by atoms with Crippen LogP contribution in [0.4, 0.5) is 21.9 Å². The van der Waals surface area contributed by atoms with E-state index in [4.69, 9.17) is 5.73 Å². The van der Waals surface area contributed by atoms with Crippen LogP contribution in [0.2, 0.25) is 0 Å². The Morgan fingerprint density at radius 1 is 1.27 bits per heavy atom. The summed E-state index contributed by atoms with van der Waals surface area (Å²) < 4.78 is 0. The van der Waals surface area contributed by atoms with Crippen molar-refractivity contribution in [3.8, 4) is 0 Å². The van der Waals surface area contributed by atoms with Crippen LogP contribution in [0.1, 0.15) is 28.2 Å². The molecule has 156 valence electrons. The lowest BCUT2D eigenvalue weighted by Crippen LogP contribution is -2.49. The summed E-state index contributed by atoms with van der Waals surface area (Å²) >= 11 is 1.22. The first-order chi connectivity index (χ1) is 14.4. The zero-order valence-electron chi connectivity index (χ0n) is 16.4. The number of nitrogens with two attached hydrogens (primary N) is 1. The number of amides is 2. The number of carbonyl (C=O) groups excluding carboxylic acids is 1. The molecule has 2 amide bonds. The fourth-order valence-electron chi connectivity index (χ4n) is 3.60. The number of nitrogens with zero attached hydrogens (tertiary/aromatic N) is 3. The molecule has 3 aromatic rings. The Hall–Kier alpha value is -3.40. The molecule has 1 aliphatic heterocycles. The first kappa shape index (κ1) is 19.9. The van der Waals surface area contributed by atoms with E-state index in [0.29, 0.717) is 33.7 Å². The van der Waals surface area contributed by atoms with Crippen LogP contribution >= 0.6 is 11.3 Å². The predicted molar refractivity (Wildman–Crippen MR) is 116 cm³/mol. The molecule has 30 heavy (non-hydrogen) atoms. The van der Waals surface area contributed by atoms with Crippen molar-refractivity contribution < 1.29 is 14.7 Å². The van der Waals surface area contributed by atoms with Gasteiger partial charge in [-0.2, -0.15) is 0 Å². The van der Waals surface area contributed by atoms with E-state index in [2.05, 4.69) is 20.6 Å². The molecule has 5 N–H and O–H groups in total. The lowest BCUT2D eigenvalue weighted by Gasteiger charge is -2.31. The lowest BCUT2D eigenvalue weighted by molar-refractivity contribution is 0.0893. The molecule has 4 rings (SSSR count). The van der Waals surface area contributed by atoms with Gasteiger partial charge < -0.3 is 26.4 Å². The van der Waals surface area contributed by atoms with Crippen LogP contribution in [0.3, 0.4) is 0 Å². The van der Waals surface area contributed by atoms with E-state index >= 15 is 0 Å². The summed E-state index contributed by atoms with van der Waals surface area (Å²) in [7, 11) is 0. The van der Waals surface area contributed by atoms with Gasteiger partial charge in [-0.25, -0.2) is 9.78 Å². The van der Waals surface area contributed by atoms with Gasteiger partial charge in [-0.3, -0.25) is 9.78 Å². The molecule has 0 spiro atoms. The quantitative estimate of drug-likeness (QED) is 0.503. The molecule has 0 unspecified atom stereocenters. The van der Waals surface area contributed by atoms with Gasteiger partial charge in [0.05, 0.1) is 28.1 Å². The number of thiophene rings is 1. The minimum Gasteiger partial charge on any atom is -0.465 e. The van der Waals surface area contributed by atoms with Gasteiger partial charge in [0.1, 0.15) is 9.71 Å². The van der Waals surface area contributed by atoms with Crippen molar-refractivity contribution >= 4 is 50.6 Å². The molecule has 0 radical (unpaired) electrons. The van der Waals surface area contributed by atoms with Crippen molar-refractivity contribution in [3.63, 3.8) is 0 Å². The number of nitrogens with one attached hydrogen (secondary N) is 2. The lowest BCUT2D eigenvalue weighted by atomic mass is 10.1. The van der Waals surface area contributed by atoms with Gasteiger partial charge >= 0.3 is 6.09 Å². The molecule has 0 bridgehead atoms. The minimum absolute atomic E-state index is 0.240. The molecule has 1 fully saturated rings. The molecule has 1 aliphatic rings. The van der Waals surface area contributed by atoms with E-state index in [1.165, 1.54) is 16.2 Å². The van der Waals surface area contributed by atoms with Crippen molar-refractivity contribution in [1.82, 2.24) is 20.2 Å². The van der Waals surface area contributed by atoms with Crippen LogP contribution in [0.5, 0.6) is 0 Å². The number of aromatic nitrogens is 2. The number of piperidine rings is 1. The van der Waals surface area contributed by atoms with Gasteiger partial charge in [-0.15, -0.1) is 11.3 Å². The number of aryl methyl sites for hydroxylation is 1. The Morgan fingerprint density at radius 3 is 2.87 bits per heavy atom. The molecule has 1 saturated heterocycles. The van der Waals surface area contributed by atoms with E-state index in [1.807, 2.05) is 25.1 Å². The Bertz CT molecular complexity index is 1120. The van der Waals surface area contributed by atoms with Crippen molar-refractivity contribution in [2.24, 2.45) is 0 Å². The van der Waals surface area contributed by atoms with Crippen molar-refractivity contribution in [3.05, 3.63) is 41.2 Å². The SMILES string of the molecule is Cc1ncccc1Nc1ccnc2sc(C(=O)N[C@@H]3CCCN(C(=O)O)C3)c(N)c12. The van der Waals surface area contributed by atoms with Gasteiger partial charge in [0.25, 0.3) is 5.91 Å². The second kappa shape index (κ2) is 8.15. The van der Waals surface area contributed by atoms with Gasteiger partial charge in [-0.05, 0) is 38.0 Å². The van der Waals surface area contributed by atoms with Crippen LogP contribution in [0.15, 0.2) is 30.6 Å². The van der Waals surface area contributed by atoms with E-state index in [0.717, 1.165) is 23.5 Å². The Balaban J connectivity index is 1.60. The van der Waals surface area contributed by atoms with Crippen LogP contribution < -0.4 is 16.4 Å². The van der Waals surface area contributed by atoms with Crippen molar-refractivity contribution in [2.45, 2.75) is 25.8 Å². The highest BCUT2D eigenvalue weighted by Gasteiger charge is 2.27. The zero-order chi connectivity index (χ0) is 21.3. The molecular weight excluding hydrogens is 404 g/mol. The number of carbonyl (C=O) groups is 2. The predicted octanol–water partition coefficient (Wildman–Crippen LogP) is 3.20. The summed E-state index contributed by atoms with van der Waals surface area (Å²) in [6.45, 7) is 2.66. The average molecular weight is 427 g/mol. The van der Waals surface area contributed by atoms with Crippen LogP contribution in [0.25, 0.3) is 10.2 Å². The maximum absolute atomic E-state index is 12.9. The zero-order valence-corrected chi connectivity index (χ0v) is 17.2. The van der Waals surface area contributed by atoms with Crippen molar-refractivity contribution in [2.75, 3.05) is 24.1 Å². The van der Waals surface area contributed by atoms with Gasteiger partial charge in [0.2, 0.25) is 0 Å². The number of fused-ring (bicyclic) bond motifs is 1. The summed E-state index contributed by atoms with van der Waals surface area (Å²) in [4.78, 5) is 35.1. The Morgan fingerprint density at radius 2 is 2.10 bits per heavy atom. The van der Waals surface area contributed by atoms with Gasteiger partial charge in [0.15, 0.2) is 0 Å². The number of rotatable bonds is 4. The van der Waals surface area contributed by atoms with E-state index in [9.17, 15) is 14.7 Å². The third-order valence-corrected chi connectivity index (χ3v) is 6.25. The number of carboxylic acid groups (broad SMARTS) is 1. The molecular formula is C20H22N6O3S. The molecule has 1 atom stereocenters. The average Bonchev–Trinajstić information content (AvgIpc) is 3.07.